The number of carbonyl (C=O) groups is 4. The summed E-state index contributed by atoms with van der Waals surface area (Å²) < 4.78 is 14.7. The molecule has 2 heterocycles. The van der Waals surface area contributed by atoms with Crippen LogP contribution in [-0.4, -0.2) is 28.7 Å². The molecular formula is C34H26BrCl2FN2O5. The van der Waals surface area contributed by atoms with Crippen molar-refractivity contribution in [2.45, 2.75) is 32.6 Å². The van der Waals surface area contributed by atoms with Gasteiger partial charge in [-0.2, -0.15) is 0 Å². The lowest BCUT2D eigenvalue weighted by Gasteiger charge is -2.49. The van der Waals surface area contributed by atoms with Crippen LogP contribution in [0.5, 0.6) is 5.75 Å². The SMILES string of the molecule is Cc1ccc(N2C(=O)C3CC=C4C(CC5C(=O)N(c6ccc(F)c(Cl)c6)C(=O)C5(C)C4c4cc(Br)ccc4O)C3C2=O)cc1Cl. The van der Waals surface area contributed by atoms with Crippen molar-refractivity contribution in [1.29, 1.82) is 0 Å². The molecule has 3 aromatic carbocycles. The molecule has 45 heavy (non-hydrogen) atoms. The van der Waals surface area contributed by atoms with E-state index in [1.165, 1.54) is 23.1 Å². The number of nitrogens with zero attached hydrogens (tertiary/aromatic N) is 2. The van der Waals surface area contributed by atoms with Gasteiger partial charge in [-0.15, -0.1) is 0 Å². The van der Waals surface area contributed by atoms with Crippen LogP contribution in [0.3, 0.4) is 0 Å². The van der Waals surface area contributed by atoms with Crippen LogP contribution in [0, 0.1) is 41.8 Å². The highest BCUT2D eigenvalue weighted by Crippen LogP contribution is 2.64. The fourth-order valence-electron chi connectivity index (χ4n) is 7.96. The van der Waals surface area contributed by atoms with Gasteiger partial charge in [-0.3, -0.25) is 19.2 Å². The number of hydrogen-bond acceptors (Lipinski definition) is 5. The molecule has 11 heteroatoms. The maximum Gasteiger partial charge on any atom is 0.241 e. The van der Waals surface area contributed by atoms with Crippen molar-refractivity contribution in [3.05, 3.63) is 97.7 Å². The summed E-state index contributed by atoms with van der Waals surface area (Å²) in [7, 11) is 0. The van der Waals surface area contributed by atoms with Crippen LogP contribution < -0.4 is 9.80 Å². The molecule has 230 valence electrons. The zero-order valence-corrected chi connectivity index (χ0v) is 27.2. The van der Waals surface area contributed by atoms with E-state index in [2.05, 4.69) is 15.9 Å². The van der Waals surface area contributed by atoms with E-state index in [1.54, 1.807) is 37.3 Å². The van der Waals surface area contributed by atoms with Gasteiger partial charge in [-0.05, 0) is 86.7 Å². The lowest BCUT2D eigenvalue weighted by Crippen LogP contribution is -2.48. The Morgan fingerprint density at radius 1 is 0.889 bits per heavy atom. The normalized spacial score (nSPS) is 29.1. The van der Waals surface area contributed by atoms with Gasteiger partial charge >= 0.3 is 0 Å². The van der Waals surface area contributed by atoms with E-state index in [4.69, 9.17) is 23.2 Å². The Morgan fingerprint density at radius 3 is 2.29 bits per heavy atom. The Labute approximate surface area is 276 Å². The van der Waals surface area contributed by atoms with Gasteiger partial charge < -0.3 is 5.11 Å². The highest BCUT2D eigenvalue weighted by molar-refractivity contribution is 9.10. The number of imide groups is 2. The first-order valence-corrected chi connectivity index (χ1v) is 16.0. The van der Waals surface area contributed by atoms with Gasteiger partial charge in [0.25, 0.3) is 0 Å². The van der Waals surface area contributed by atoms with Gasteiger partial charge in [0, 0.05) is 21.0 Å². The summed E-state index contributed by atoms with van der Waals surface area (Å²) in [5.74, 6) is -6.24. The highest BCUT2D eigenvalue weighted by atomic mass is 79.9. The average molecular weight is 712 g/mol. The number of amides is 4. The molecule has 7 rings (SSSR count). The maximum absolute atomic E-state index is 14.5. The minimum Gasteiger partial charge on any atom is -0.508 e. The topological polar surface area (TPSA) is 95.0 Å². The maximum atomic E-state index is 14.5. The third-order valence-electron chi connectivity index (χ3n) is 10.2. The molecule has 2 aliphatic heterocycles. The van der Waals surface area contributed by atoms with Crippen LogP contribution >= 0.6 is 39.1 Å². The minimum absolute atomic E-state index is 0.0693. The zero-order chi connectivity index (χ0) is 32.1. The van der Waals surface area contributed by atoms with E-state index in [0.29, 0.717) is 20.7 Å². The number of hydrogen-bond donors (Lipinski definition) is 1. The Kier molecular flexibility index (Phi) is 7.04. The fourth-order valence-corrected chi connectivity index (χ4v) is 8.69. The molecule has 0 radical (unpaired) electrons. The molecule has 6 atom stereocenters. The molecule has 0 spiro atoms. The fraction of sp³-hybridized carbons (Fsp3) is 0.294. The van der Waals surface area contributed by atoms with Crippen LogP contribution in [0.15, 0.2) is 70.7 Å². The zero-order valence-electron chi connectivity index (χ0n) is 24.1. The molecular weight excluding hydrogens is 686 g/mol. The second kappa shape index (κ2) is 10.5. The van der Waals surface area contributed by atoms with E-state index in [0.717, 1.165) is 22.1 Å². The van der Waals surface area contributed by atoms with Crippen molar-refractivity contribution < 1.29 is 28.7 Å². The Hall–Kier alpha value is -3.53. The van der Waals surface area contributed by atoms with E-state index in [9.17, 15) is 28.7 Å². The number of halogens is 4. The first-order chi connectivity index (χ1) is 21.3. The summed E-state index contributed by atoms with van der Waals surface area (Å²) in [5.41, 5.74) is 1.10. The largest absolute Gasteiger partial charge is 0.508 e. The number of allylic oxidation sites excluding steroid dienone is 2. The van der Waals surface area contributed by atoms with Crippen molar-refractivity contribution in [3.8, 4) is 5.75 Å². The van der Waals surface area contributed by atoms with Gasteiger partial charge in [-0.25, -0.2) is 14.2 Å². The number of rotatable bonds is 3. The first kappa shape index (κ1) is 30.1. The standard InChI is InChI=1S/C34H26BrCl2FN2O5/c1-15-3-5-17(12-24(15)36)39-30(42)20-8-7-19-21(28(20)32(39)44)14-23-31(43)40(18-6-9-26(38)25(37)13-18)33(45)34(23,2)29(19)22-11-16(35)4-10-27(22)41/h3-7,9-13,20-21,23,28-29,41H,8,14H2,1-2H3. The predicted molar refractivity (Wildman–Crippen MR) is 171 cm³/mol. The molecule has 2 aliphatic carbocycles. The van der Waals surface area contributed by atoms with Gasteiger partial charge in [0.1, 0.15) is 11.6 Å². The van der Waals surface area contributed by atoms with Crippen LogP contribution in [0.2, 0.25) is 10.0 Å². The lowest BCUT2D eigenvalue weighted by atomic mass is 9.51. The van der Waals surface area contributed by atoms with E-state index < -0.39 is 52.6 Å². The summed E-state index contributed by atoms with van der Waals surface area (Å²) in [5, 5.41) is 11.4. The minimum atomic E-state index is -1.37. The summed E-state index contributed by atoms with van der Waals surface area (Å²) in [4.78, 5) is 58.9. The summed E-state index contributed by atoms with van der Waals surface area (Å²) in [6.45, 7) is 3.54. The Balaban J connectivity index is 1.38. The molecule has 6 unspecified atom stereocenters. The van der Waals surface area contributed by atoms with Crippen LogP contribution in [-0.2, 0) is 19.2 Å². The summed E-state index contributed by atoms with van der Waals surface area (Å²) in [6.07, 6.45) is 2.29. The molecule has 3 fully saturated rings. The van der Waals surface area contributed by atoms with Gasteiger partial charge in [0.05, 0.1) is 39.6 Å². The number of anilines is 2. The number of phenolic OH excluding ortho intramolecular Hbond substituents is 1. The van der Waals surface area contributed by atoms with Crippen molar-refractivity contribution >= 4 is 74.1 Å². The average Bonchev–Trinajstić information content (AvgIpc) is 3.37. The quantitative estimate of drug-likeness (QED) is 0.227. The number of carbonyl (C=O) groups excluding carboxylic acids is 4. The second-order valence-electron chi connectivity index (χ2n) is 12.4. The number of phenols is 1. The highest BCUT2D eigenvalue weighted by Gasteiger charge is 2.68. The number of benzene rings is 3. The Bertz CT molecular complexity index is 1900. The molecule has 4 amide bonds. The van der Waals surface area contributed by atoms with Crippen molar-refractivity contribution in [2.75, 3.05) is 9.80 Å². The summed E-state index contributed by atoms with van der Waals surface area (Å²) >= 11 is 15.9. The molecule has 3 aromatic rings. The molecule has 0 bridgehead atoms. The number of aromatic hydroxyl groups is 1. The van der Waals surface area contributed by atoms with E-state index >= 15 is 0 Å². The second-order valence-corrected chi connectivity index (χ2v) is 14.1. The van der Waals surface area contributed by atoms with Crippen molar-refractivity contribution in [1.82, 2.24) is 0 Å². The van der Waals surface area contributed by atoms with E-state index in [-0.39, 0.29) is 41.1 Å². The van der Waals surface area contributed by atoms with Gasteiger partial charge in [0.15, 0.2) is 0 Å². The lowest BCUT2D eigenvalue weighted by molar-refractivity contribution is -0.131. The summed E-state index contributed by atoms with van der Waals surface area (Å²) in [6, 6.07) is 13.6. The van der Waals surface area contributed by atoms with Crippen LogP contribution in [0.1, 0.15) is 36.8 Å². The number of fused-ring (bicyclic) bond motifs is 4. The monoisotopic (exact) mass is 710 g/mol. The Morgan fingerprint density at radius 2 is 1.58 bits per heavy atom. The van der Waals surface area contributed by atoms with Crippen molar-refractivity contribution in [3.63, 3.8) is 0 Å². The molecule has 7 nitrogen and oxygen atoms in total. The van der Waals surface area contributed by atoms with Gasteiger partial charge in [0.2, 0.25) is 23.6 Å². The first-order valence-electron chi connectivity index (χ1n) is 14.5. The molecule has 4 aliphatic rings. The van der Waals surface area contributed by atoms with Gasteiger partial charge in [-0.1, -0.05) is 56.8 Å². The third kappa shape index (κ3) is 4.27. The third-order valence-corrected chi connectivity index (χ3v) is 11.3. The molecule has 1 N–H and O–H groups in total. The van der Waals surface area contributed by atoms with Crippen molar-refractivity contribution in [2.24, 2.45) is 29.1 Å². The molecule has 2 saturated heterocycles. The number of aryl methyl sites for hydroxylation is 1. The van der Waals surface area contributed by atoms with Crippen LogP contribution in [0.4, 0.5) is 15.8 Å². The predicted octanol–water partition coefficient (Wildman–Crippen LogP) is 7.34. The smallest absolute Gasteiger partial charge is 0.241 e. The molecule has 1 saturated carbocycles. The molecule has 0 aromatic heterocycles. The van der Waals surface area contributed by atoms with Crippen LogP contribution in [0.25, 0.3) is 0 Å². The van der Waals surface area contributed by atoms with E-state index in [1.807, 2.05) is 13.0 Å².